The fourth-order valence-corrected chi connectivity index (χ4v) is 1.44. The van der Waals surface area contributed by atoms with Crippen molar-refractivity contribution in [2.45, 2.75) is 6.92 Å². The highest BCUT2D eigenvalue weighted by molar-refractivity contribution is 5.86. The second kappa shape index (κ2) is 3.14. The van der Waals surface area contributed by atoms with Gasteiger partial charge in [-0.25, -0.2) is 4.52 Å². The molecule has 2 rings (SSSR count). The van der Waals surface area contributed by atoms with Gasteiger partial charge >= 0.3 is 0 Å². The van der Waals surface area contributed by atoms with Crippen LogP contribution < -0.4 is 4.74 Å². The number of carbonyl (C=O) groups is 1. The molecule has 0 fully saturated rings. The summed E-state index contributed by atoms with van der Waals surface area (Å²) in [4.78, 5) is 10.7. The predicted molar refractivity (Wildman–Crippen MR) is 51.9 cm³/mol. The van der Waals surface area contributed by atoms with Crippen LogP contribution in [0.25, 0.3) is 5.52 Å². The van der Waals surface area contributed by atoms with Crippen LogP contribution in [0.3, 0.4) is 0 Å². The Morgan fingerprint density at radius 1 is 1.50 bits per heavy atom. The van der Waals surface area contributed by atoms with E-state index in [1.54, 1.807) is 23.8 Å². The van der Waals surface area contributed by atoms with Crippen molar-refractivity contribution in [3.05, 3.63) is 29.5 Å². The van der Waals surface area contributed by atoms with Crippen molar-refractivity contribution in [2.75, 3.05) is 7.11 Å². The molecule has 0 amide bonds. The smallest absolute Gasteiger partial charge is 0.214 e. The van der Waals surface area contributed by atoms with Crippen LogP contribution in [0.15, 0.2) is 18.2 Å². The zero-order valence-electron chi connectivity index (χ0n) is 8.02. The van der Waals surface area contributed by atoms with Crippen molar-refractivity contribution >= 4 is 11.8 Å². The van der Waals surface area contributed by atoms with Gasteiger partial charge in [0.15, 0.2) is 6.29 Å². The minimum Gasteiger partial charge on any atom is -0.481 e. The Morgan fingerprint density at radius 2 is 2.29 bits per heavy atom. The number of aryl methyl sites for hydroxylation is 1. The zero-order valence-corrected chi connectivity index (χ0v) is 8.02. The fourth-order valence-electron chi connectivity index (χ4n) is 1.44. The maximum Gasteiger partial charge on any atom is 0.214 e. The molecule has 0 bridgehead atoms. The van der Waals surface area contributed by atoms with Gasteiger partial charge in [0, 0.05) is 11.6 Å². The summed E-state index contributed by atoms with van der Waals surface area (Å²) in [6.07, 6.45) is 0.815. The molecule has 14 heavy (non-hydrogen) atoms. The Labute approximate surface area is 81.1 Å². The Hall–Kier alpha value is -1.84. The highest BCUT2D eigenvalue weighted by atomic mass is 16.5. The second-order valence-electron chi connectivity index (χ2n) is 3.03. The lowest BCUT2D eigenvalue weighted by atomic mass is 10.2. The molecule has 72 valence electrons. The lowest BCUT2D eigenvalue weighted by Gasteiger charge is -2.03. The van der Waals surface area contributed by atoms with Gasteiger partial charge in [-0.2, -0.15) is 5.10 Å². The van der Waals surface area contributed by atoms with Gasteiger partial charge in [0.05, 0.1) is 18.3 Å². The van der Waals surface area contributed by atoms with Gasteiger partial charge in [0.2, 0.25) is 5.88 Å². The number of ether oxygens (including phenoxy) is 1. The Morgan fingerprint density at radius 3 is 2.93 bits per heavy atom. The Balaban J connectivity index is 2.83. The predicted octanol–water partition coefficient (Wildman–Crippen LogP) is 1.46. The second-order valence-corrected chi connectivity index (χ2v) is 3.03. The Bertz CT molecular complexity index is 488. The SMILES string of the molecule is COc1ccc(C=O)c2cc(C)nn12. The molecular weight excluding hydrogens is 180 g/mol. The molecule has 0 aromatic carbocycles. The third kappa shape index (κ3) is 1.16. The van der Waals surface area contributed by atoms with E-state index < -0.39 is 0 Å². The van der Waals surface area contributed by atoms with E-state index in [1.165, 1.54) is 0 Å². The largest absolute Gasteiger partial charge is 0.481 e. The van der Waals surface area contributed by atoms with E-state index >= 15 is 0 Å². The number of nitrogens with zero attached hydrogens (tertiary/aromatic N) is 2. The van der Waals surface area contributed by atoms with Crippen LogP contribution in [0.2, 0.25) is 0 Å². The summed E-state index contributed by atoms with van der Waals surface area (Å²) in [6.45, 7) is 1.88. The Kier molecular flexibility index (Phi) is 1.96. The third-order valence-corrected chi connectivity index (χ3v) is 2.08. The van der Waals surface area contributed by atoms with Crippen LogP contribution in [-0.2, 0) is 0 Å². The van der Waals surface area contributed by atoms with Gasteiger partial charge in [-0.1, -0.05) is 0 Å². The summed E-state index contributed by atoms with van der Waals surface area (Å²) in [5, 5.41) is 4.23. The minimum absolute atomic E-state index is 0.617. The summed E-state index contributed by atoms with van der Waals surface area (Å²) in [6, 6.07) is 5.30. The lowest BCUT2D eigenvalue weighted by Crippen LogP contribution is -1.97. The fraction of sp³-hybridized carbons (Fsp3) is 0.200. The maximum atomic E-state index is 10.7. The van der Waals surface area contributed by atoms with Gasteiger partial charge in [0.25, 0.3) is 0 Å². The first kappa shape index (κ1) is 8.74. The molecule has 0 atom stereocenters. The average Bonchev–Trinajstić information content (AvgIpc) is 2.57. The molecule has 0 aliphatic carbocycles. The molecular formula is C10H10N2O2. The first-order valence-electron chi connectivity index (χ1n) is 4.25. The van der Waals surface area contributed by atoms with Crippen molar-refractivity contribution < 1.29 is 9.53 Å². The van der Waals surface area contributed by atoms with E-state index in [0.29, 0.717) is 11.4 Å². The maximum absolute atomic E-state index is 10.7. The van der Waals surface area contributed by atoms with Crippen LogP contribution in [-0.4, -0.2) is 23.0 Å². The van der Waals surface area contributed by atoms with Gasteiger partial charge in [-0.3, -0.25) is 4.79 Å². The number of aromatic nitrogens is 2. The van der Waals surface area contributed by atoms with Crippen LogP contribution in [0.1, 0.15) is 16.1 Å². The summed E-state index contributed by atoms with van der Waals surface area (Å²) in [7, 11) is 1.58. The van der Waals surface area contributed by atoms with Crippen molar-refractivity contribution in [3.8, 4) is 5.88 Å². The number of methoxy groups -OCH3 is 1. The molecule has 0 spiro atoms. The summed E-state index contributed by atoms with van der Waals surface area (Å²) in [5.74, 6) is 0.624. The van der Waals surface area contributed by atoms with Gasteiger partial charge in [0.1, 0.15) is 0 Å². The van der Waals surface area contributed by atoms with E-state index in [0.717, 1.165) is 17.5 Å². The molecule has 2 heterocycles. The van der Waals surface area contributed by atoms with E-state index in [-0.39, 0.29) is 0 Å². The molecule has 0 saturated heterocycles. The number of rotatable bonds is 2. The molecule has 2 aromatic rings. The van der Waals surface area contributed by atoms with E-state index in [1.807, 2.05) is 13.0 Å². The molecule has 0 aliphatic rings. The first-order chi connectivity index (χ1) is 6.76. The van der Waals surface area contributed by atoms with Crippen molar-refractivity contribution in [1.82, 2.24) is 9.61 Å². The molecule has 0 unspecified atom stereocenters. The molecule has 4 heteroatoms. The number of carbonyl (C=O) groups excluding carboxylic acids is 1. The molecule has 2 aromatic heterocycles. The van der Waals surface area contributed by atoms with Gasteiger partial charge in [-0.15, -0.1) is 0 Å². The topological polar surface area (TPSA) is 43.6 Å². The minimum atomic E-state index is 0.617. The summed E-state index contributed by atoms with van der Waals surface area (Å²) < 4.78 is 6.75. The molecule has 0 saturated carbocycles. The van der Waals surface area contributed by atoms with Crippen molar-refractivity contribution in [3.63, 3.8) is 0 Å². The number of fused-ring (bicyclic) bond motifs is 1. The monoisotopic (exact) mass is 190 g/mol. The van der Waals surface area contributed by atoms with Crippen LogP contribution in [0.4, 0.5) is 0 Å². The normalized spacial score (nSPS) is 10.4. The molecule has 0 N–H and O–H groups in total. The molecule has 0 aliphatic heterocycles. The van der Waals surface area contributed by atoms with E-state index in [4.69, 9.17) is 4.74 Å². The van der Waals surface area contributed by atoms with Crippen molar-refractivity contribution in [1.29, 1.82) is 0 Å². The zero-order chi connectivity index (χ0) is 10.1. The quantitative estimate of drug-likeness (QED) is 0.673. The van der Waals surface area contributed by atoms with Crippen LogP contribution in [0.5, 0.6) is 5.88 Å². The van der Waals surface area contributed by atoms with Gasteiger partial charge in [-0.05, 0) is 19.1 Å². The van der Waals surface area contributed by atoms with Crippen LogP contribution >= 0.6 is 0 Å². The van der Waals surface area contributed by atoms with E-state index in [9.17, 15) is 4.79 Å². The first-order valence-corrected chi connectivity index (χ1v) is 4.25. The van der Waals surface area contributed by atoms with Crippen molar-refractivity contribution in [2.24, 2.45) is 0 Å². The highest BCUT2D eigenvalue weighted by Gasteiger charge is 2.07. The average molecular weight is 190 g/mol. The summed E-state index contributed by atoms with van der Waals surface area (Å²) in [5.41, 5.74) is 2.25. The third-order valence-electron chi connectivity index (χ3n) is 2.08. The lowest BCUT2D eigenvalue weighted by molar-refractivity contribution is 0.112. The molecule has 0 radical (unpaired) electrons. The number of pyridine rings is 1. The molecule has 4 nitrogen and oxygen atoms in total. The number of hydrogen-bond donors (Lipinski definition) is 0. The number of hydrogen-bond acceptors (Lipinski definition) is 3. The number of aldehydes is 1. The van der Waals surface area contributed by atoms with E-state index in [2.05, 4.69) is 5.10 Å². The van der Waals surface area contributed by atoms with Crippen LogP contribution in [0, 0.1) is 6.92 Å². The highest BCUT2D eigenvalue weighted by Crippen LogP contribution is 2.18. The summed E-state index contributed by atoms with van der Waals surface area (Å²) >= 11 is 0. The standard InChI is InChI=1S/C10H10N2O2/c1-7-5-9-8(6-13)3-4-10(14-2)12(9)11-7/h3-6H,1-2H3. The van der Waals surface area contributed by atoms with Gasteiger partial charge < -0.3 is 4.74 Å².